The van der Waals surface area contributed by atoms with Crippen LogP contribution in [0.4, 0.5) is 0 Å². The molecule has 1 aliphatic carbocycles. The van der Waals surface area contributed by atoms with Crippen LogP contribution in [-0.4, -0.2) is 13.6 Å². The molecule has 1 radical (unpaired) electrons. The third-order valence-electron chi connectivity index (χ3n) is 2.04. The molecule has 0 amide bonds. The second-order valence-electron chi connectivity index (χ2n) is 3.66. The molecule has 0 aliphatic heterocycles. The topological polar surface area (TPSA) is 26.3 Å². The van der Waals surface area contributed by atoms with Gasteiger partial charge in [0.2, 0.25) is 0 Å². The lowest BCUT2D eigenvalue weighted by molar-refractivity contribution is 0.353. The molecule has 1 rings (SSSR count). The summed E-state index contributed by atoms with van der Waals surface area (Å²) < 4.78 is 3.74. The summed E-state index contributed by atoms with van der Waals surface area (Å²) in [7, 11) is 1.26. The molecule has 0 unspecified atom stereocenters. The van der Waals surface area contributed by atoms with Crippen LogP contribution in [0.25, 0.3) is 0 Å². The molecule has 0 atom stereocenters. The molecule has 0 aromatic carbocycles. The first kappa shape index (κ1) is 10.5. The summed E-state index contributed by atoms with van der Waals surface area (Å²) in [5.41, 5.74) is 0.694. The molecule has 1 saturated carbocycles. The van der Waals surface area contributed by atoms with E-state index < -0.39 is 0 Å². The Morgan fingerprint density at radius 2 is 1.64 bits per heavy atom. The molecule has 0 aromatic rings. The van der Waals surface area contributed by atoms with Gasteiger partial charge in [0, 0.05) is 0 Å². The second-order valence-corrected chi connectivity index (χ2v) is 3.66. The van der Waals surface area contributed by atoms with Gasteiger partial charge in [-0.15, -0.1) is 0 Å². The first-order chi connectivity index (χ1) is 5.12. The monoisotopic (exact) mass is 157 g/mol. The van der Waals surface area contributed by atoms with Gasteiger partial charge in [0.15, 0.2) is 0 Å². The summed E-state index contributed by atoms with van der Waals surface area (Å²) in [6.07, 6.45) is 5.83. The van der Waals surface area contributed by atoms with Crippen molar-refractivity contribution in [3.8, 4) is 0 Å². The Balaban J connectivity index is 0.000000218. The van der Waals surface area contributed by atoms with Gasteiger partial charge in [0.1, 0.15) is 0 Å². The maximum atomic E-state index is 8.83. The van der Waals surface area contributed by atoms with E-state index in [-0.39, 0.29) is 0 Å². The number of carbonyl (C=O) groups excluding carboxylic acids is 1. The number of rotatable bonds is 1. The second kappa shape index (κ2) is 5.16. The fourth-order valence-corrected chi connectivity index (χ4v) is 1.33. The molecule has 1 aliphatic rings. The minimum atomic E-state index is 0.694. The largest absolute Gasteiger partial charge is 0.461 e. The van der Waals surface area contributed by atoms with Crippen LogP contribution >= 0.6 is 0 Å². The van der Waals surface area contributed by atoms with E-state index in [1.54, 1.807) is 0 Å². The highest BCUT2D eigenvalue weighted by molar-refractivity contribution is 5.37. The molecule has 11 heavy (non-hydrogen) atoms. The van der Waals surface area contributed by atoms with Gasteiger partial charge in [-0.2, -0.15) is 0 Å². The zero-order valence-corrected chi connectivity index (χ0v) is 7.64. The van der Waals surface area contributed by atoms with Crippen LogP contribution in [0.15, 0.2) is 0 Å². The molecular formula is C9H17O2. The molecule has 65 valence electrons. The van der Waals surface area contributed by atoms with Crippen molar-refractivity contribution in [3.63, 3.8) is 0 Å². The molecule has 0 spiro atoms. The average Bonchev–Trinajstić information content (AvgIpc) is 2.35. The van der Waals surface area contributed by atoms with Crippen LogP contribution in [0.3, 0.4) is 0 Å². The van der Waals surface area contributed by atoms with E-state index in [2.05, 4.69) is 18.6 Å². The van der Waals surface area contributed by atoms with Crippen LogP contribution < -0.4 is 0 Å². The molecular weight excluding hydrogens is 140 g/mol. The van der Waals surface area contributed by atoms with Crippen LogP contribution in [0, 0.1) is 5.41 Å². The summed E-state index contributed by atoms with van der Waals surface area (Å²) in [4.78, 5) is 8.83. The van der Waals surface area contributed by atoms with Gasteiger partial charge in [-0.05, 0) is 18.3 Å². The van der Waals surface area contributed by atoms with Gasteiger partial charge >= 0.3 is 6.47 Å². The number of hydrogen-bond donors (Lipinski definition) is 0. The fraction of sp³-hybridized carbons (Fsp3) is 0.889. The lowest BCUT2D eigenvalue weighted by atomic mass is 9.92. The van der Waals surface area contributed by atoms with E-state index >= 15 is 0 Å². The van der Waals surface area contributed by atoms with Crippen molar-refractivity contribution in [2.45, 2.75) is 39.5 Å². The van der Waals surface area contributed by atoms with Gasteiger partial charge in [0.25, 0.3) is 0 Å². The molecule has 0 bridgehead atoms. The van der Waals surface area contributed by atoms with E-state index in [0.29, 0.717) is 5.41 Å². The van der Waals surface area contributed by atoms with Gasteiger partial charge < -0.3 is 4.74 Å². The Kier molecular flexibility index (Phi) is 4.92. The smallest absolute Gasteiger partial charge is 0.417 e. The molecule has 0 N–H and O–H groups in total. The predicted octanol–water partition coefficient (Wildman–Crippen LogP) is 2.29. The summed E-state index contributed by atoms with van der Waals surface area (Å²) in [6.45, 7) is 5.90. The maximum Gasteiger partial charge on any atom is 0.417 e. The number of ether oxygens (including phenoxy) is 1. The van der Waals surface area contributed by atoms with Crippen molar-refractivity contribution in [3.05, 3.63) is 0 Å². The Labute approximate surface area is 68.9 Å². The van der Waals surface area contributed by atoms with E-state index in [0.717, 1.165) is 0 Å². The van der Waals surface area contributed by atoms with E-state index in [4.69, 9.17) is 4.79 Å². The lowest BCUT2D eigenvalue weighted by Crippen LogP contribution is -2.01. The van der Waals surface area contributed by atoms with Gasteiger partial charge in [-0.1, -0.05) is 26.7 Å². The first-order valence-corrected chi connectivity index (χ1v) is 4.02. The zero-order valence-electron chi connectivity index (χ0n) is 7.64. The van der Waals surface area contributed by atoms with E-state index in [1.165, 1.54) is 39.3 Å². The maximum absolute atomic E-state index is 8.83. The third kappa shape index (κ3) is 5.89. The average molecular weight is 157 g/mol. The van der Waals surface area contributed by atoms with Crippen LogP contribution in [-0.2, 0) is 9.53 Å². The van der Waals surface area contributed by atoms with Crippen LogP contribution in [0.5, 0.6) is 0 Å². The molecule has 0 saturated heterocycles. The van der Waals surface area contributed by atoms with E-state index in [9.17, 15) is 0 Å². The summed E-state index contributed by atoms with van der Waals surface area (Å²) in [6, 6.07) is 0. The van der Waals surface area contributed by atoms with Crippen molar-refractivity contribution >= 4 is 6.47 Å². The zero-order chi connectivity index (χ0) is 8.74. The minimum Gasteiger partial charge on any atom is -0.461 e. The highest BCUT2D eigenvalue weighted by Gasteiger charge is 2.21. The number of hydrogen-bond acceptors (Lipinski definition) is 2. The molecule has 1 fully saturated rings. The van der Waals surface area contributed by atoms with Crippen molar-refractivity contribution in [2.75, 3.05) is 7.11 Å². The van der Waals surface area contributed by atoms with Crippen molar-refractivity contribution in [2.24, 2.45) is 5.41 Å². The quantitative estimate of drug-likeness (QED) is 0.583. The molecule has 0 aromatic heterocycles. The van der Waals surface area contributed by atoms with Crippen LogP contribution in [0.1, 0.15) is 39.5 Å². The standard InChI is InChI=1S/C7H14.C2H3O2/c1-7(2)5-3-4-6-7;1-4-2-3/h3-6H2,1-2H3;1H3. The molecule has 0 heterocycles. The first-order valence-electron chi connectivity index (χ1n) is 4.02. The van der Waals surface area contributed by atoms with Crippen LogP contribution in [0.2, 0.25) is 0 Å². The Morgan fingerprint density at radius 3 is 1.73 bits per heavy atom. The van der Waals surface area contributed by atoms with Crippen molar-refractivity contribution in [1.82, 2.24) is 0 Å². The summed E-state index contributed by atoms with van der Waals surface area (Å²) >= 11 is 0. The highest BCUT2D eigenvalue weighted by atomic mass is 16.5. The van der Waals surface area contributed by atoms with Crippen molar-refractivity contribution in [1.29, 1.82) is 0 Å². The third-order valence-corrected chi connectivity index (χ3v) is 2.04. The summed E-state index contributed by atoms with van der Waals surface area (Å²) in [5, 5.41) is 0. The Morgan fingerprint density at radius 1 is 1.27 bits per heavy atom. The van der Waals surface area contributed by atoms with Gasteiger partial charge in [-0.3, -0.25) is 0 Å². The predicted molar refractivity (Wildman–Crippen MR) is 45.0 cm³/mol. The Bertz CT molecular complexity index is 100. The van der Waals surface area contributed by atoms with Gasteiger partial charge in [-0.25, -0.2) is 4.79 Å². The van der Waals surface area contributed by atoms with Gasteiger partial charge in [0.05, 0.1) is 7.11 Å². The summed E-state index contributed by atoms with van der Waals surface area (Å²) in [5.74, 6) is 0. The normalized spacial score (nSPS) is 19.9. The molecule has 2 nitrogen and oxygen atoms in total. The number of methoxy groups -OCH3 is 1. The van der Waals surface area contributed by atoms with E-state index in [1.807, 2.05) is 0 Å². The van der Waals surface area contributed by atoms with Crippen molar-refractivity contribution < 1.29 is 9.53 Å². The minimum absolute atomic E-state index is 0.694. The fourth-order valence-electron chi connectivity index (χ4n) is 1.33. The Hall–Kier alpha value is -0.530. The lowest BCUT2D eigenvalue weighted by Gasteiger charge is -2.13. The molecule has 2 heteroatoms. The highest BCUT2D eigenvalue weighted by Crippen LogP contribution is 2.36. The SMILES string of the molecule is CC1(C)CCCC1.CO[C]=O.